The van der Waals surface area contributed by atoms with E-state index in [-0.39, 0.29) is 18.5 Å². The van der Waals surface area contributed by atoms with Crippen molar-refractivity contribution < 1.29 is 18.6 Å². The number of aryl methyl sites for hydroxylation is 1. The summed E-state index contributed by atoms with van der Waals surface area (Å²) in [5.74, 6) is 1.58. The first kappa shape index (κ1) is 16.3. The average molecular weight is 354 g/mol. The van der Waals surface area contributed by atoms with Gasteiger partial charge in [0.05, 0.1) is 12.8 Å². The van der Waals surface area contributed by atoms with E-state index in [4.69, 9.17) is 4.42 Å². The highest BCUT2D eigenvalue weighted by Gasteiger charge is 2.53. The minimum absolute atomic E-state index is 0.202. The number of likely N-dealkylation sites (N-methyl/N-ethyl adjacent to an activating group) is 1. The summed E-state index contributed by atoms with van der Waals surface area (Å²) in [6, 6.07) is 2.70. The molecule has 8 heteroatoms. The molecule has 0 spiro atoms. The maximum absolute atomic E-state index is 13.0. The Kier molecular flexibility index (Phi) is 3.57. The second kappa shape index (κ2) is 5.69. The van der Waals surface area contributed by atoms with Gasteiger partial charge in [-0.1, -0.05) is 17.1 Å². The summed E-state index contributed by atoms with van der Waals surface area (Å²) in [6.45, 7) is 8.27. The second-order valence-corrected chi connectivity index (χ2v) is 6.74. The minimum atomic E-state index is -0.636. The standard InChI is InChI=1S/C18H20N5O3/c1-11(2)8-23-16(24)14-15(20(4)18(23)25)19-17-21(12(3)9-22(14)17)10-13-6-5-7-26-13/h5-7,9,14H,1,8,10H2,2-4H3/q+1. The Bertz CT molecular complexity index is 954. The Labute approximate surface area is 150 Å². The fourth-order valence-corrected chi connectivity index (χ4v) is 3.40. The number of urea groups is 1. The van der Waals surface area contributed by atoms with Crippen molar-refractivity contribution >= 4 is 23.7 Å². The SMILES string of the molecule is C=C(C)CN1C(=O)C2C(=Nc3n(Cc4ccco4)c(C)c[n+]32)N(C)C1=O. The quantitative estimate of drug-likeness (QED) is 0.620. The number of rotatable bonds is 4. The molecule has 2 aromatic heterocycles. The Morgan fingerprint density at radius 1 is 1.42 bits per heavy atom. The highest BCUT2D eigenvalue weighted by molar-refractivity contribution is 6.19. The van der Waals surface area contributed by atoms with E-state index >= 15 is 0 Å². The van der Waals surface area contributed by atoms with Crippen LogP contribution in [0.5, 0.6) is 0 Å². The summed E-state index contributed by atoms with van der Waals surface area (Å²) in [4.78, 5) is 32.9. The van der Waals surface area contributed by atoms with Crippen LogP contribution >= 0.6 is 0 Å². The molecule has 4 heterocycles. The lowest BCUT2D eigenvalue weighted by Crippen LogP contribution is -2.62. The van der Waals surface area contributed by atoms with Gasteiger partial charge in [-0.15, -0.1) is 0 Å². The number of carbonyl (C=O) groups excluding carboxylic acids is 2. The number of hydrogen-bond acceptors (Lipinski definition) is 4. The molecule has 4 rings (SSSR count). The summed E-state index contributed by atoms with van der Waals surface area (Å²) < 4.78 is 9.23. The highest BCUT2D eigenvalue weighted by Crippen LogP contribution is 2.29. The van der Waals surface area contributed by atoms with Crippen molar-refractivity contribution in [1.82, 2.24) is 14.4 Å². The Balaban J connectivity index is 1.77. The van der Waals surface area contributed by atoms with Gasteiger partial charge < -0.3 is 4.42 Å². The Morgan fingerprint density at radius 2 is 2.19 bits per heavy atom. The van der Waals surface area contributed by atoms with Crippen molar-refractivity contribution in [3.63, 3.8) is 0 Å². The van der Waals surface area contributed by atoms with Crippen molar-refractivity contribution in [2.24, 2.45) is 4.99 Å². The molecule has 8 nitrogen and oxygen atoms in total. The van der Waals surface area contributed by atoms with Crippen molar-refractivity contribution in [2.75, 3.05) is 13.6 Å². The molecule has 2 aliphatic heterocycles. The molecule has 0 N–H and O–H groups in total. The van der Waals surface area contributed by atoms with Gasteiger partial charge in [-0.2, -0.15) is 0 Å². The van der Waals surface area contributed by atoms with Crippen LogP contribution in [0.4, 0.5) is 10.7 Å². The Morgan fingerprint density at radius 3 is 2.85 bits per heavy atom. The number of imidazole rings is 1. The van der Waals surface area contributed by atoms with Crippen LogP contribution in [0.3, 0.4) is 0 Å². The van der Waals surface area contributed by atoms with Gasteiger partial charge in [0.25, 0.3) is 5.91 Å². The first-order valence-corrected chi connectivity index (χ1v) is 8.34. The largest absolute Gasteiger partial charge is 0.466 e. The zero-order valence-corrected chi connectivity index (χ0v) is 15.0. The first-order valence-electron chi connectivity index (χ1n) is 8.34. The summed E-state index contributed by atoms with van der Waals surface area (Å²) in [5, 5.41) is 0. The molecule has 2 aromatic rings. The van der Waals surface area contributed by atoms with E-state index in [1.807, 2.05) is 34.4 Å². The number of carbonyl (C=O) groups is 2. The summed E-state index contributed by atoms with van der Waals surface area (Å²) >= 11 is 0. The molecule has 1 unspecified atom stereocenters. The number of fused-ring (bicyclic) bond motifs is 3. The third kappa shape index (κ3) is 2.29. The lowest BCUT2D eigenvalue weighted by molar-refractivity contribution is -0.677. The molecule has 2 aliphatic rings. The molecule has 134 valence electrons. The van der Waals surface area contributed by atoms with Gasteiger partial charge in [-0.05, 0) is 26.0 Å². The van der Waals surface area contributed by atoms with Crippen LogP contribution in [0.25, 0.3) is 0 Å². The van der Waals surface area contributed by atoms with Crippen LogP contribution in [-0.2, 0) is 11.3 Å². The number of amidine groups is 1. The van der Waals surface area contributed by atoms with E-state index < -0.39 is 6.04 Å². The smallest absolute Gasteiger partial charge is 0.402 e. The molecule has 0 saturated carbocycles. The van der Waals surface area contributed by atoms with Crippen LogP contribution in [0.1, 0.15) is 24.4 Å². The predicted octanol–water partition coefficient (Wildman–Crippen LogP) is 1.78. The summed E-state index contributed by atoms with van der Waals surface area (Å²) in [6.07, 6.45) is 3.51. The van der Waals surface area contributed by atoms with Crippen molar-refractivity contribution in [3.8, 4) is 0 Å². The van der Waals surface area contributed by atoms with Gasteiger partial charge in [0.1, 0.15) is 24.2 Å². The molecule has 26 heavy (non-hydrogen) atoms. The van der Waals surface area contributed by atoms with Gasteiger partial charge in [-0.3, -0.25) is 14.6 Å². The van der Waals surface area contributed by atoms with Gasteiger partial charge in [-0.25, -0.2) is 13.9 Å². The molecule has 1 fully saturated rings. The van der Waals surface area contributed by atoms with Gasteiger partial charge in [0.15, 0.2) is 0 Å². The normalized spacial score (nSPS) is 18.9. The number of amides is 3. The number of furan rings is 1. The molecule has 0 aromatic carbocycles. The highest BCUT2D eigenvalue weighted by atomic mass is 16.3. The molecular weight excluding hydrogens is 334 g/mol. The third-order valence-electron chi connectivity index (χ3n) is 4.64. The summed E-state index contributed by atoms with van der Waals surface area (Å²) in [7, 11) is 1.64. The van der Waals surface area contributed by atoms with Crippen LogP contribution < -0.4 is 4.57 Å². The molecule has 0 aliphatic carbocycles. The van der Waals surface area contributed by atoms with Crippen LogP contribution in [0.15, 0.2) is 46.2 Å². The fraction of sp³-hybridized carbons (Fsp3) is 0.333. The minimum Gasteiger partial charge on any atom is -0.466 e. The molecule has 0 bridgehead atoms. The number of aromatic nitrogens is 2. The van der Waals surface area contributed by atoms with E-state index in [0.717, 1.165) is 17.0 Å². The Hall–Kier alpha value is -3.16. The summed E-state index contributed by atoms with van der Waals surface area (Å²) in [5.41, 5.74) is 1.70. The first-order chi connectivity index (χ1) is 12.4. The van der Waals surface area contributed by atoms with E-state index in [9.17, 15) is 9.59 Å². The third-order valence-corrected chi connectivity index (χ3v) is 4.64. The molecule has 1 atom stereocenters. The molecule has 0 radical (unpaired) electrons. The van der Waals surface area contributed by atoms with Gasteiger partial charge in [0, 0.05) is 7.05 Å². The lowest BCUT2D eigenvalue weighted by atomic mass is 10.1. The number of aliphatic imine (C=N–C) groups is 1. The van der Waals surface area contributed by atoms with Crippen molar-refractivity contribution in [1.29, 1.82) is 0 Å². The maximum atomic E-state index is 13.0. The zero-order valence-electron chi connectivity index (χ0n) is 15.0. The van der Waals surface area contributed by atoms with Crippen molar-refractivity contribution in [2.45, 2.75) is 26.4 Å². The van der Waals surface area contributed by atoms with E-state index in [0.29, 0.717) is 18.3 Å². The van der Waals surface area contributed by atoms with Crippen LogP contribution in [0.2, 0.25) is 0 Å². The molecular formula is C18H20N5O3+. The number of hydrogen-bond donors (Lipinski definition) is 0. The number of nitrogens with zero attached hydrogens (tertiary/aromatic N) is 5. The van der Waals surface area contributed by atoms with Crippen LogP contribution in [0, 0.1) is 6.92 Å². The zero-order chi connectivity index (χ0) is 18.6. The van der Waals surface area contributed by atoms with Crippen LogP contribution in [-0.4, -0.2) is 45.7 Å². The molecule has 3 amide bonds. The van der Waals surface area contributed by atoms with E-state index in [2.05, 4.69) is 11.6 Å². The topological polar surface area (TPSA) is 74.9 Å². The predicted molar refractivity (Wildman–Crippen MR) is 93.0 cm³/mol. The fourth-order valence-electron chi connectivity index (χ4n) is 3.40. The second-order valence-electron chi connectivity index (χ2n) is 6.74. The van der Waals surface area contributed by atoms with E-state index in [1.165, 1.54) is 9.80 Å². The van der Waals surface area contributed by atoms with Gasteiger partial charge >= 0.3 is 12.0 Å². The van der Waals surface area contributed by atoms with E-state index in [1.54, 1.807) is 20.2 Å². The monoisotopic (exact) mass is 354 g/mol. The van der Waals surface area contributed by atoms with Gasteiger partial charge in [0.2, 0.25) is 11.9 Å². The number of imide groups is 1. The van der Waals surface area contributed by atoms with Crippen molar-refractivity contribution in [3.05, 3.63) is 48.2 Å². The molecule has 1 saturated heterocycles. The lowest BCUT2D eigenvalue weighted by Gasteiger charge is -2.33. The maximum Gasteiger partial charge on any atom is 0.402 e. The average Bonchev–Trinajstić information content (AvgIpc) is 3.28.